The Balaban J connectivity index is 0.000000336. The molecule has 0 heterocycles. The topological polar surface area (TPSA) is 40.1 Å². The molecule has 0 aliphatic heterocycles. The van der Waals surface area contributed by atoms with Gasteiger partial charge in [0.1, 0.15) is 0 Å². The molecule has 0 bridgehead atoms. The average Bonchev–Trinajstić information content (AvgIpc) is 2.01. The van der Waals surface area contributed by atoms with Crippen molar-refractivity contribution in [3.8, 4) is 0 Å². The molecular formula is C11H16INO2. The van der Waals surface area contributed by atoms with Gasteiger partial charge in [0.25, 0.3) is 0 Å². The number of carboxylic acids is 1. The van der Waals surface area contributed by atoms with E-state index in [9.17, 15) is 9.90 Å². The molecule has 0 N–H and O–H groups in total. The number of nitrogens with zero attached hydrogens (tertiary/aromatic N) is 1. The highest BCUT2D eigenvalue weighted by Gasteiger charge is 1.95. The van der Waals surface area contributed by atoms with Gasteiger partial charge in [-0.1, -0.05) is 18.2 Å². The van der Waals surface area contributed by atoms with Gasteiger partial charge in [0.05, 0.1) is 34.2 Å². The molecule has 0 aliphatic carbocycles. The maximum Gasteiger partial charge on any atom is 0.0725 e. The van der Waals surface area contributed by atoms with Gasteiger partial charge >= 0.3 is 0 Å². The van der Waals surface area contributed by atoms with Crippen LogP contribution in [-0.4, -0.2) is 38.6 Å². The Morgan fingerprint density at radius 1 is 1.20 bits per heavy atom. The molecule has 0 radical (unpaired) electrons. The summed E-state index contributed by atoms with van der Waals surface area (Å²) >= 11 is 1.95. The van der Waals surface area contributed by atoms with Gasteiger partial charge in [-0.15, -0.1) is 0 Å². The van der Waals surface area contributed by atoms with Crippen LogP contribution in [-0.2, 0) is 0 Å². The Morgan fingerprint density at radius 3 is 1.87 bits per heavy atom. The van der Waals surface area contributed by atoms with Crippen LogP contribution in [0.25, 0.3) is 0 Å². The Hall–Kier alpha value is -0.620. The molecule has 1 aromatic carbocycles. The average molecular weight is 321 g/mol. The van der Waals surface area contributed by atoms with Gasteiger partial charge in [-0.3, -0.25) is 0 Å². The number of hydrogen-bond donors (Lipinski definition) is 0. The van der Waals surface area contributed by atoms with Crippen molar-refractivity contribution < 1.29 is 14.4 Å². The van der Waals surface area contributed by atoms with E-state index >= 15 is 0 Å². The second kappa shape index (κ2) is 6.07. The van der Waals surface area contributed by atoms with E-state index in [0.717, 1.165) is 4.48 Å². The summed E-state index contributed by atoms with van der Waals surface area (Å²) in [6, 6.07) is 6.71. The molecule has 0 aromatic heterocycles. The standard InChI is InChI=1S/C7H5IO2.C4H12N/c8-6-4-2-1-3-5(6)7(9)10;1-5(2,3)4/h1-4H,(H,9,10);1-4H3/q;+1/p-1. The number of halogens is 1. The number of aromatic carboxylic acids is 1. The number of rotatable bonds is 1. The molecule has 1 rings (SSSR count). The highest BCUT2D eigenvalue weighted by molar-refractivity contribution is 14.1. The van der Waals surface area contributed by atoms with Crippen LogP contribution in [0.2, 0.25) is 0 Å². The van der Waals surface area contributed by atoms with E-state index in [2.05, 4.69) is 28.2 Å². The number of carbonyl (C=O) groups excluding carboxylic acids is 1. The quantitative estimate of drug-likeness (QED) is 0.571. The molecule has 0 saturated heterocycles. The molecular weight excluding hydrogens is 305 g/mol. The molecule has 0 spiro atoms. The molecule has 0 atom stereocenters. The zero-order valence-corrected chi connectivity index (χ0v) is 11.6. The Labute approximate surface area is 104 Å². The van der Waals surface area contributed by atoms with E-state index in [1.165, 1.54) is 6.07 Å². The first-order chi connectivity index (χ1) is 6.72. The predicted octanol–water partition coefficient (Wildman–Crippen LogP) is 0.977. The number of carbonyl (C=O) groups is 1. The normalized spacial score (nSPS) is 10.2. The van der Waals surface area contributed by atoms with E-state index < -0.39 is 5.97 Å². The minimum atomic E-state index is -1.12. The fourth-order valence-electron chi connectivity index (χ4n) is 0.627. The van der Waals surface area contributed by atoms with Crippen molar-refractivity contribution in [3.05, 3.63) is 33.4 Å². The lowest BCUT2D eigenvalue weighted by molar-refractivity contribution is -0.849. The van der Waals surface area contributed by atoms with Crippen LogP contribution in [0.5, 0.6) is 0 Å². The minimum absolute atomic E-state index is 0.253. The summed E-state index contributed by atoms with van der Waals surface area (Å²) in [5.41, 5.74) is 0.253. The first kappa shape index (κ1) is 14.4. The number of benzene rings is 1. The van der Waals surface area contributed by atoms with Crippen molar-refractivity contribution in [2.24, 2.45) is 0 Å². The summed E-state index contributed by atoms with van der Waals surface area (Å²) in [5.74, 6) is -1.12. The van der Waals surface area contributed by atoms with Gasteiger partial charge in [-0.2, -0.15) is 0 Å². The Bertz CT molecular complexity index is 326. The van der Waals surface area contributed by atoms with E-state index in [4.69, 9.17) is 0 Å². The molecule has 4 heteroatoms. The summed E-state index contributed by atoms with van der Waals surface area (Å²) in [4.78, 5) is 10.3. The van der Waals surface area contributed by atoms with Crippen LogP contribution in [0.4, 0.5) is 0 Å². The third-order valence-electron chi connectivity index (χ3n) is 1.09. The molecule has 0 amide bonds. The molecule has 84 valence electrons. The second-order valence-corrected chi connectivity index (χ2v) is 5.61. The molecule has 3 nitrogen and oxygen atoms in total. The van der Waals surface area contributed by atoms with Crippen LogP contribution in [0.1, 0.15) is 10.4 Å². The molecule has 1 aromatic rings. The smallest absolute Gasteiger partial charge is 0.0725 e. The highest BCUT2D eigenvalue weighted by Crippen LogP contribution is 2.09. The van der Waals surface area contributed by atoms with Crippen molar-refractivity contribution in [1.29, 1.82) is 0 Å². The first-order valence-corrected chi connectivity index (χ1v) is 5.54. The SMILES string of the molecule is C[N+](C)(C)C.O=C([O-])c1ccccc1I. The molecule has 0 aliphatic rings. The summed E-state index contributed by atoms with van der Waals surface area (Å²) in [5, 5.41) is 10.3. The van der Waals surface area contributed by atoms with Crippen molar-refractivity contribution in [2.45, 2.75) is 0 Å². The summed E-state index contributed by atoms with van der Waals surface area (Å²) < 4.78 is 1.71. The van der Waals surface area contributed by atoms with Crippen molar-refractivity contribution in [1.82, 2.24) is 0 Å². The zero-order valence-electron chi connectivity index (χ0n) is 9.45. The van der Waals surface area contributed by atoms with E-state index in [1.54, 1.807) is 18.2 Å². The predicted molar refractivity (Wildman–Crippen MR) is 67.4 cm³/mol. The summed E-state index contributed by atoms with van der Waals surface area (Å²) in [7, 11) is 8.50. The zero-order chi connectivity index (χ0) is 12.1. The third-order valence-corrected chi connectivity index (χ3v) is 2.03. The number of quaternary nitrogens is 1. The summed E-state index contributed by atoms with van der Waals surface area (Å²) in [6.45, 7) is 0. The maximum absolute atomic E-state index is 10.3. The van der Waals surface area contributed by atoms with Crippen LogP contribution in [0.3, 0.4) is 0 Å². The molecule has 15 heavy (non-hydrogen) atoms. The molecule has 0 fully saturated rings. The van der Waals surface area contributed by atoms with Crippen molar-refractivity contribution in [3.63, 3.8) is 0 Å². The Morgan fingerprint density at radius 2 is 1.60 bits per heavy atom. The fourth-order valence-corrected chi connectivity index (χ4v) is 1.23. The lowest BCUT2D eigenvalue weighted by atomic mass is 10.2. The van der Waals surface area contributed by atoms with Gasteiger partial charge in [-0.05, 0) is 28.7 Å². The molecule has 0 unspecified atom stereocenters. The minimum Gasteiger partial charge on any atom is -0.545 e. The fraction of sp³-hybridized carbons (Fsp3) is 0.364. The van der Waals surface area contributed by atoms with Gasteiger partial charge in [0.2, 0.25) is 0 Å². The lowest BCUT2D eigenvalue weighted by Gasteiger charge is -2.14. The van der Waals surface area contributed by atoms with Crippen LogP contribution < -0.4 is 5.11 Å². The van der Waals surface area contributed by atoms with E-state index in [1.807, 2.05) is 22.6 Å². The number of carboxylic acid groups (broad SMARTS) is 1. The van der Waals surface area contributed by atoms with Crippen molar-refractivity contribution >= 4 is 28.6 Å². The van der Waals surface area contributed by atoms with Gasteiger partial charge in [0, 0.05) is 9.13 Å². The summed E-state index contributed by atoms with van der Waals surface area (Å²) in [6.07, 6.45) is 0. The largest absolute Gasteiger partial charge is 0.545 e. The van der Waals surface area contributed by atoms with Gasteiger partial charge < -0.3 is 14.4 Å². The number of hydrogen-bond acceptors (Lipinski definition) is 2. The second-order valence-electron chi connectivity index (χ2n) is 4.45. The van der Waals surface area contributed by atoms with E-state index in [-0.39, 0.29) is 5.56 Å². The maximum atomic E-state index is 10.3. The Kier molecular flexibility index (Phi) is 5.82. The van der Waals surface area contributed by atoms with Gasteiger partial charge in [-0.25, -0.2) is 0 Å². The molecule has 0 saturated carbocycles. The van der Waals surface area contributed by atoms with Crippen LogP contribution >= 0.6 is 22.6 Å². The first-order valence-electron chi connectivity index (χ1n) is 4.46. The highest BCUT2D eigenvalue weighted by atomic mass is 127. The lowest BCUT2D eigenvalue weighted by Crippen LogP contribution is -2.27. The van der Waals surface area contributed by atoms with E-state index in [0.29, 0.717) is 3.57 Å². The third kappa shape index (κ3) is 8.38. The van der Waals surface area contributed by atoms with Crippen LogP contribution in [0, 0.1) is 3.57 Å². The van der Waals surface area contributed by atoms with Gasteiger partial charge in [0.15, 0.2) is 0 Å². The van der Waals surface area contributed by atoms with Crippen LogP contribution in [0.15, 0.2) is 24.3 Å². The monoisotopic (exact) mass is 321 g/mol. The van der Waals surface area contributed by atoms with Crippen molar-refractivity contribution in [2.75, 3.05) is 28.2 Å².